The smallest absolute Gasteiger partial charge is 0.423 e. The van der Waals surface area contributed by atoms with Gasteiger partial charge in [-0.15, -0.1) is 0 Å². The number of aromatic nitrogens is 1. The van der Waals surface area contributed by atoms with Gasteiger partial charge in [0.25, 0.3) is 5.91 Å². The normalized spacial score (nSPS) is 17.4. The van der Waals surface area contributed by atoms with E-state index in [4.69, 9.17) is 14.9 Å². The molecule has 43 heavy (non-hydrogen) atoms. The van der Waals surface area contributed by atoms with Crippen molar-refractivity contribution in [3.63, 3.8) is 0 Å². The van der Waals surface area contributed by atoms with Crippen LogP contribution in [0.5, 0.6) is 0 Å². The first-order valence-electron chi connectivity index (χ1n) is 14.0. The number of hydrogen-bond acceptors (Lipinski definition) is 5. The van der Waals surface area contributed by atoms with Crippen molar-refractivity contribution in [2.24, 2.45) is 0 Å². The molecule has 3 aromatic carbocycles. The average molecular weight is 591 g/mol. The van der Waals surface area contributed by atoms with Crippen LogP contribution in [0, 0.1) is 11.6 Å². The summed E-state index contributed by atoms with van der Waals surface area (Å²) in [4.78, 5) is 22.6. The van der Waals surface area contributed by atoms with Crippen molar-refractivity contribution in [1.82, 2.24) is 15.4 Å². The highest BCUT2D eigenvalue weighted by molar-refractivity contribution is 6.58. The average Bonchev–Trinajstić information content (AvgIpc) is 3.30. The SMILES string of the molecule is C[C@@H]1Cc2c([nH]c3ccccc23)[C@@H](c2c(F)cc(/C=C/C(=O)NOCc3ccc(B(O)O)cc3)cc2F)N1CC(C)(C)F. The van der Waals surface area contributed by atoms with Gasteiger partial charge >= 0.3 is 7.12 Å². The molecule has 0 unspecified atom stereocenters. The lowest BCUT2D eigenvalue weighted by atomic mass is 9.80. The molecule has 0 saturated heterocycles. The first-order chi connectivity index (χ1) is 20.4. The van der Waals surface area contributed by atoms with Crippen LogP contribution in [0.25, 0.3) is 17.0 Å². The molecule has 0 radical (unpaired) electrons. The minimum Gasteiger partial charge on any atom is -0.423 e. The van der Waals surface area contributed by atoms with Crippen molar-refractivity contribution in [3.05, 3.63) is 106 Å². The number of aromatic amines is 1. The van der Waals surface area contributed by atoms with Gasteiger partial charge in [-0.05, 0) is 73.6 Å². The fourth-order valence-corrected chi connectivity index (χ4v) is 5.64. The van der Waals surface area contributed by atoms with Crippen molar-refractivity contribution in [1.29, 1.82) is 0 Å². The number of hydroxylamine groups is 1. The van der Waals surface area contributed by atoms with E-state index in [0.717, 1.165) is 34.7 Å². The van der Waals surface area contributed by atoms with E-state index in [2.05, 4.69) is 10.5 Å². The molecule has 5 rings (SSSR count). The van der Waals surface area contributed by atoms with Crippen LogP contribution in [0.4, 0.5) is 13.2 Å². The number of H-pyrrole nitrogens is 1. The minimum absolute atomic E-state index is 0.0150. The van der Waals surface area contributed by atoms with Gasteiger partial charge in [0, 0.05) is 40.8 Å². The molecule has 0 saturated carbocycles. The van der Waals surface area contributed by atoms with E-state index in [-0.39, 0.29) is 30.3 Å². The summed E-state index contributed by atoms with van der Waals surface area (Å²) in [7, 11) is -1.58. The minimum atomic E-state index is -1.60. The number of carbonyl (C=O) groups excluding carboxylic acids is 1. The Bertz CT molecular complexity index is 1630. The van der Waals surface area contributed by atoms with Crippen LogP contribution >= 0.6 is 0 Å². The summed E-state index contributed by atoms with van der Waals surface area (Å²) in [6, 6.07) is 15.2. The predicted molar refractivity (Wildman–Crippen MR) is 160 cm³/mol. The number of halogens is 3. The van der Waals surface area contributed by atoms with Gasteiger partial charge in [0.1, 0.15) is 17.3 Å². The van der Waals surface area contributed by atoms with E-state index < -0.39 is 36.4 Å². The molecule has 4 aromatic rings. The molecule has 0 aliphatic carbocycles. The molecule has 1 aliphatic rings. The van der Waals surface area contributed by atoms with Crippen molar-refractivity contribution in [2.75, 3.05) is 6.54 Å². The molecule has 4 N–H and O–H groups in total. The maximum absolute atomic E-state index is 15.8. The molecule has 1 amide bonds. The molecule has 2 heterocycles. The molecule has 224 valence electrons. The maximum atomic E-state index is 15.8. The second kappa shape index (κ2) is 12.4. The highest BCUT2D eigenvalue weighted by atomic mass is 19.1. The first kappa shape index (κ1) is 30.6. The van der Waals surface area contributed by atoms with Gasteiger partial charge in [0.2, 0.25) is 0 Å². The standard InChI is InChI=1S/C32H33BF3N3O4/c1-19-14-24-23-6-4-5-7-27(23)37-30(24)31(39(19)18-32(2,3)36)29-25(34)15-21(16-26(29)35)10-13-28(40)38-43-17-20-8-11-22(12-9-20)33(41)42/h4-13,15-16,19,31,37,41-42H,14,17-18H2,1-3H3,(H,38,40)/b13-10+/t19-,31-/m1/s1. The topological polar surface area (TPSA) is 97.8 Å². The summed E-state index contributed by atoms with van der Waals surface area (Å²) in [5.41, 5.74) is 4.01. The zero-order valence-electron chi connectivity index (χ0n) is 24.1. The fourth-order valence-electron chi connectivity index (χ4n) is 5.64. The largest absolute Gasteiger partial charge is 0.488 e. The van der Waals surface area contributed by atoms with Crippen LogP contribution in [-0.2, 0) is 22.7 Å². The Morgan fingerprint density at radius 2 is 1.81 bits per heavy atom. The van der Waals surface area contributed by atoms with Crippen molar-refractivity contribution >= 4 is 35.5 Å². The highest BCUT2D eigenvalue weighted by Gasteiger charge is 2.40. The third-order valence-corrected chi connectivity index (χ3v) is 7.57. The van der Waals surface area contributed by atoms with Crippen molar-refractivity contribution in [2.45, 2.75) is 51.6 Å². The number of carbonyl (C=O) groups is 1. The summed E-state index contributed by atoms with van der Waals surface area (Å²) in [5, 5.41) is 19.3. The van der Waals surface area contributed by atoms with Gasteiger partial charge < -0.3 is 15.0 Å². The van der Waals surface area contributed by atoms with Crippen LogP contribution in [0.15, 0.2) is 66.7 Å². The summed E-state index contributed by atoms with van der Waals surface area (Å²) >= 11 is 0. The van der Waals surface area contributed by atoms with Crippen LogP contribution in [0.2, 0.25) is 0 Å². The number of alkyl halides is 1. The molecule has 1 aliphatic heterocycles. The fraction of sp³-hybridized carbons (Fsp3) is 0.281. The molecule has 2 atom stereocenters. The summed E-state index contributed by atoms with van der Waals surface area (Å²) in [6.07, 6.45) is 2.96. The summed E-state index contributed by atoms with van der Waals surface area (Å²) < 4.78 is 46.6. The number of benzene rings is 3. The number of amides is 1. The number of rotatable bonds is 9. The predicted octanol–water partition coefficient (Wildman–Crippen LogP) is 4.47. The third kappa shape index (κ3) is 6.86. The van der Waals surface area contributed by atoms with E-state index in [1.165, 1.54) is 32.1 Å². The summed E-state index contributed by atoms with van der Waals surface area (Å²) in [6.45, 7) is 4.82. The monoisotopic (exact) mass is 591 g/mol. The lowest BCUT2D eigenvalue weighted by Gasteiger charge is -2.43. The Labute approximate surface area is 248 Å². The van der Waals surface area contributed by atoms with E-state index >= 15 is 8.78 Å². The van der Waals surface area contributed by atoms with Gasteiger partial charge in [0.15, 0.2) is 0 Å². The first-order valence-corrected chi connectivity index (χ1v) is 14.0. The number of para-hydroxylation sites is 1. The van der Waals surface area contributed by atoms with Crippen molar-refractivity contribution in [3.8, 4) is 0 Å². The summed E-state index contributed by atoms with van der Waals surface area (Å²) in [5.74, 6) is -2.26. The van der Waals surface area contributed by atoms with Crippen LogP contribution < -0.4 is 10.9 Å². The van der Waals surface area contributed by atoms with E-state index in [1.807, 2.05) is 31.2 Å². The van der Waals surface area contributed by atoms with Gasteiger partial charge in [0.05, 0.1) is 12.6 Å². The molecular formula is C32H33BF3N3O4. The third-order valence-electron chi connectivity index (χ3n) is 7.57. The zero-order valence-corrected chi connectivity index (χ0v) is 24.1. The Kier molecular flexibility index (Phi) is 8.80. The Balaban J connectivity index is 1.36. The van der Waals surface area contributed by atoms with E-state index in [9.17, 15) is 9.18 Å². The van der Waals surface area contributed by atoms with Gasteiger partial charge in [-0.3, -0.25) is 14.5 Å². The van der Waals surface area contributed by atoms with Gasteiger partial charge in [-0.1, -0.05) is 42.5 Å². The second-order valence-electron chi connectivity index (χ2n) is 11.5. The number of nitrogens with zero attached hydrogens (tertiary/aromatic N) is 1. The van der Waals surface area contributed by atoms with E-state index in [0.29, 0.717) is 23.1 Å². The van der Waals surface area contributed by atoms with Gasteiger partial charge in [-0.25, -0.2) is 18.7 Å². The lowest BCUT2D eigenvalue weighted by Crippen LogP contribution is -2.48. The maximum Gasteiger partial charge on any atom is 0.488 e. The Morgan fingerprint density at radius 3 is 2.47 bits per heavy atom. The molecule has 0 spiro atoms. The molecule has 7 nitrogen and oxygen atoms in total. The van der Waals surface area contributed by atoms with Gasteiger partial charge in [-0.2, -0.15) is 0 Å². The number of fused-ring (bicyclic) bond motifs is 3. The molecule has 0 fully saturated rings. The quantitative estimate of drug-likeness (QED) is 0.131. The Hall–Kier alpha value is -3.90. The Morgan fingerprint density at radius 1 is 1.14 bits per heavy atom. The lowest BCUT2D eigenvalue weighted by molar-refractivity contribution is -0.129. The zero-order chi connectivity index (χ0) is 30.9. The van der Waals surface area contributed by atoms with Crippen molar-refractivity contribution < 1.29 is 32.9 Å². The second-order valence-corrected chi connectivity index (χ2v) is 11.5. The highest BCUT2D eigenvalue weighted by Crippen LogP contribution is 2.43. The van der Waals surface area contributed by atoms with Crippen LogP contribution in [-0.4, -0.2) is 51.2 Å². The molecule has 11 heteroatoms. The van der Waals surface area contributed by atoms with Crippen LogP contribution in [0.1, 0.15) is 54.8 Å². The van der Waals surface area contributed by atoms with Crippen LogP contribution in [0.3, 0.4) is 0 Å². The number of hydrogen-bond donors (Lipinski definition) is 4. The van der Waals surface area contributed by atoms with E-state index in [1.54, 1.807) is 17.0 Å². The molecular weight excluding hydrogens is 558 g/mol. The molecule has 0 bridgehead atoms. The number of nitrogens with one attached hydrogen (secondary N) is 2. The molecule has 1 aromatic heterocycles.